The molecule has 0 heterocycles. The third-order valence-corrected chi connectivity index (χ3v) is 5.38. The van der Waals surface area contributed by atoms with Gasteiger partial charge in [0.1, 0.15) is 11.8 Å². The molecule has 8 heteroatoms. The Labute approximate surface area is 211 Å². The minimum absolute atomic E-state index is 0.286. The summed E-state index contributed by atoms with van der Waals surface area (Å²) >= 11 is 0. The number of urea groups is 1. The molecular formula is C28H31N3O5. The van der Waals surface area contributed by atoms with Crippen molar-refractivity contribution in [1.82, 2.24) is 5.32 Å². The van der Waals surface area contributed by atoms with Crippen molar-refractivity contribution in [1.29, 1.82) is 0 Å². The number of benzene rings is 3. The molecule has 0 radical (unpaired) electrons. The third kappa shape index (κ3) is 7.87. The zero-order chi connectivity index (χ0) is 25.8. The van der Waals surface area contributed by atoms with E-state index in [2.05, 4.69) is 16.0 Å². The summed E-state index contributed by atoms with van der Waals surface area (Å²) in [5.41, 5.74) is 2.27. The van der Waals surface area contributed by atoms with Gasteiger partial charge in [-0.05, 0) is 48.4 Å². The average Bonchev–Trinajstić information content (AvgIpc) is 2.89. The van der Waals surface area contributed by atoms with Gasteiger partial charge in [0.15, 0.2) is 0 Å². The van der Waals surface area contributed by atoms with Crippen molar-refractivity contribution in [3.63, 3.8) is 0 Å². The summed E-state index contributed by atoms with van der Waals surface area (Å²) in [6.07, 6.45) is 2.03. The number of hydrogen-bond acceptors (Lipinski definition) is 5. The van der Waals surface area contributed by atoms with Gasteiger partial charge in [0.25, 0.3) is 0 Å². The highest BCUT2D eigenvalue weighted by molar-refractivity contribution is 6.00. The number of ether oxygens (including phenoxy) is 2. The summed E-state index contributed by atoms with van der Waals surface area (Å²) in [6.45, 7) is 2.39. The van der Waals surface area contributed by atoms with Gasteiger partial charge in [-0.3, -0.25) is 4.79 Å². The number of unbranched alkanes of at least 4 members (excludes halogenated alkanes) is 1. The van der Waals surface area contributed by atoms with Crippen molar-refractivity contribution in [3.05, 3.63) is 90.0 Å². The van der Waals surface area contributed by atoms with E-state index >= 15 is 0 Å². The number of carbonyl (C=O) groups excluding carboxylic acids is 3. The van der Waals surface area contributed by atoms with E-state index in [1.54, 1.807) is 48.5 Å². The molecule has 3 aromatic rings. The number of amides is 3. The van der Waals surface area contributed by atoms with Gasteiger partial charge in [-0.15, -0.1) is 0 Å². The predicted octanol–water partition coefficient (Wildman–Crippen LogP) is 5.02. The number of carbonyl (C=O) groups is 3. The molecule has 0 aliphatic rings. The summed E-state index contributed by atoms with van der Waals surface area (Å²) in [6, 6.07) is 21.5. The van der Waals surface area contributed by atoms with Crippen LogP contribution in [0.15, 0.2) is 78.9 Å². The molecule has 0 spiro atoms. The van der Waals surface area contributed by atoms with Gasteiger partial charge in [0, 0.05) is 12.1 Å². The Morgan fingerprint density at radius 3 is 2.25 bits per heavy atom. The Balaban J connectivity index is 1.68. The SMILES string of the molecule is CCCCOC(=O)c1ccc(NC(=O)C(Cc2ccccc2)NC(=O)Nc2ccccc2OC)cc1. The first kappa shape index (κ1) is 26.3. The van der Waals surface area contributed by atoms with Gasteiger partial charge in [-0.1, -0.05) is 55.8 Å². The summed E-state index contributed by atoms with van der Waals surface area (Å²) in [5, 5.41) is 8.30. The Morgan fingerprint density at radius 2 is 1.56 bits per heavy atom. The minimum Gasteiger partial charge on any atom is -0.495 e. The lowest BCUT2D eigenvalue weighted by molar-refractivity contribution is -0.117. The summed E-state index contributed by atoms with van der Waals surface area (Å²) in [4.78, 5) is 38.0. The van der Waals surface area contributed by atoms with Gasteiger partial charge in [0.05, 0.1) is 25.0 Å². The summed E-state index contributed by atoms with van der Waals surface area (Å²) in [7, 11) is 1.51. The lowest BCUT2D eigenvalue weighted by Gasteiger charge is -2.20. The molecule has 0 bridgehead atoms. The molecule has 0 saturated carbocycles. The van der Waals surface area contributed by atoms with E-state index in [-0.39, 0.29) is 6.42 Å². The molecule has 36 heavy (non-hydrogen) atoms. The molecule has 0 aliphatic heterocycles. The largest absolute Gasteiger partial charge is 0.495 e. The lowest BCUT2D eigenvalue weighted by atomic mass is 10.1. The number of nitrogens with one attached hydrogen (secondary N) is 3. The molecule has 0 saturated heterocycles. The van der Waals surface area contributed by atoms with Crippen molar-refractivity contribution in [2.75, 3.05) is 24.4 Å². The number of esters is 1. The molecule has 0 aliphatic carbocycles. The van der Waals surface area contributed by atoms with Crippen molar-refractivity contribution in [3.8, 4) is 5.75 Å². The first-order valence-electron chi connectivity index (χ1n) is 11.8. The molecule has 3 rings (SSSR count). The van der Waals surface area contributed by atoms with E-state index in [4.69, 9.17) is 9.47 Å². The van der Waals surface area contributed by atoms with Gasteiger partial charge >= 0.3 is 12.0 Å². The van der Waals surface area contributed by atoms with E-state index in [1.807, 2.05) is 37.3 Å². The highest BCUT2D eigenvalue weighted by Crippen LogP contribution is 2.23. The van der Waals surface area contributed by atoms with E-state index in [1.165, 1.54) is 7.11 Å². The summed E-state index contributed by atoms with van der Waals surface area (Å²) in [5.74, 6) is -0.296. The predicted molar refractivity (Wildman–Crippen MR) is 139 cm³/mol. The second-order valence-electron chi connectivity index (χ2n) is 8.10. The van der Waals surface area contributed by atoms with Gasteiger partial charge in [-0.25, -0.2) is 9.59 Å². The fourth-order valence-corrected chi connectivity index (χ4v) is 3.44. The van der Waals surface area contributed by atoms with Crippen LogP contribution in [-0.4, -0.2) is 37.7 Å². The first-order chi connectivity index (χ1) is 17.5. The Morgan fingerprint density at radius 1 is 0.861 bits per heavy atom. The maximum atomic E-state index is 13.2. The van der Waals surface area contributed by atoms with Crippen LogP contribution < -0.4 is 20.7 Å². The Hall–Kier alpha value is -4.33. The fourth-order valence-electron chi connectivity index (χ4n) is 3.44. The van der Waals surface area contributed by atoms with Crippen LogP contribution in [0.5, 0.6) is 5.75 Å². The number of hydrogen-bond donors (Lipinski definition) is 3. The second-order valence-corrected chi connectivity index (χ2v) is 8.10. The van der Waals surface area contributed by atoms with Crippen molar-refractivity contribution < 1.29 is 23.9 Å². The van der Waals surface area contributed by atoms with Crippen LogP contribution in [0, 0.1) is 0 Å². The van der Waals surface area contributed by atoms with Crippen LogP contribution in [0.25, 0.3) is 0 Å². The maximum Gasteiger partial charge on any atom is 0.338 e. The highest BCUT2D eigenvalue weighted by Gasteiger charge is 2.22. The van der Waals surface area contributed by atoms with Crippen LogP contribution >= 0.6 is 0 Å². The van der Waals surface area contributed by atoms with Gasteiger partial charge in [-0.2, -0.15) is 0 Å². The van der Waals surface area contributed by atoms with Crippen molar-refractivity contribution in [2.45, 2.75) is 32.2 Å². The van der Waals surface area contributed by atoms with E-state index in [0.29, 0.717) is 29.3 Å². The zero-order valence-electron chi connectivity index (χ0n) is 20.5. The lowest BCUT2D eigenvalue weighted by Crippen LogP contribution is -2.47. The summed E-state index contributed by atoms with van der Waals surface area (Å²) < 4.78 is 10.5. The molecule has 1 unspecified atom stereocenters. The highest BCUT2D eigenvalue weighted by atomic mass is 16.5. The quantitative estimate of drug-likeness (QED) is 0.259. The molecule has 3 amide bonds. The van der Waals surface area contributed by atoms with Crippen LogP contribution in [0.3, 0.4) is 0 Å². The first-order valence-corrected chi connectivity index (χ1v) is 11.8. The molecule has 1 atom stereocenters. The van der Waals surface area contributed by atoms with Crippen LogP contribution in [0.2, 0.25) is 0 Å². The number of methoxy groups -OCH3 is 1. The monoisotopic (exact) mass is 489 g/mol. The van der Waals surface area contributed by atoms with Gasteiger partial charge < -0.3 is 25.4 Å². The Bertz CT molecular complexity index is 1150. The Kier molecular flexibility index (Phi) is 9.88. The molecule has 3 aromatic carbocycles. The van der Waals surface area contributed by atoms with Crippen LogP contribution in [-0.2, 0) is 16.0 Å². The van der Waals surface area contributed by atoms with Crippen molar-refractivity contribution >= 4 is 29.3 Å². The van der Waals surface area contributed by atoms with E-state index < -0.39 is 23.9 Å². The molecular weight excluding hydrogens is 458 g/mol. The minimum atomic E-state index is -0.860. The fraction of sp³-hybridized carbons (Fsp3) is 0.250. The van der Waals surface area contributed by atoms with Crippen molar-refractivity contribution in [2.24, 2.45) is 0 Å². The smallest absolute Gasteiger partial charge is 0.338 e. The topological polar surface area (TPSA) is 106 Å². The third-order valence-electron chi connectivity index (χ3n) is 5.38. The standard InChI is InChI=1S/C28H31N3O5/c1-3-4-18-36-27(33)21-14-16-22(17-15-21)29-26(32)24(19-20-10-6-5-7-11-20)31-28(34)30-23-12-8-9-13-25(23)35-2/h5-17,24H,3-4,18-19H2,1-2H3,(H,29,32)(H2,30,31,34). The number of anilines is 2. The maximum absolute atomic E-state index is 13.2. The number of para-hydroxylation sites is 2. The van der Waals surface area contributed by atoms with Gasteiger partial charge in [0.2, 0.25) is 5.91 Å². The zero-order valence-corrected chi connectivity index (χ0v) is 20.5. The van der Waals surface area contributed by atoms with Crippen LogP contribution in [0.1, 0.15) is 35.7 Å². The molecule has 188 valence electrons. The van der Waals surface area contributed by atoms with E-state index in [9.17, 15) is 14.4 Å². The second kappa shape index (κ2) is 13.5. The van der Waals surface area contributed by atoms with Crippen LogP contribution in [0.4, 0.5) is 16.2 Å². The molecule has 8 nitrogen and oxygen atoms in total. The molecule has 0 fully saturated rings. The average molecular weight is 490 g/mol. The normalized spacial score (nSPS) is 11.2. The molecule has 0 aromatic heterocycles. The van der Waals surface area contributed by atoms with E-state index in [0.717, 1.165) is 18.4 Å². The molecule has 3 N–H and O–H groups in total. The number of rotatable bonds is 11.